The third-order valence-corrected chi connectivity index (χ3v) is 6.92. The second kappa shape index (κ2) is 8.44. The largest absolute Gasteiger partial charge is 0.355 e. The van der Waals surface area contributed by atoms with Crippen LogP contribution >= 0.6 is 0 Å². The molecule has 2 aromatic carbocycles. The third-order valence-electron chi connectivity index (χ3n) is 5.38. The van der Waals surface area contributed by atoms with Gasteiger partial charge in [0, 0.05) is 24.3 Å². The van der Waals surface area contributed by atoms with Crippen molar-refractivity contribution in [2.24, 2.45) is 0 Å². The molecule has 0 atom stereocenters. The van der Waals surface area contributed by atoms with Crippen LogP contribution in [0, 0.1) is 13.8 Å². The standard InChI is InChI=1S/C23H26N4O2S/c1-17-6-12-22(18(2)16-17)30(28,29)26-20-9-7-19(8-10-20)21-11-13-23(25-24-21)27-14-4-3-5-15-27/h6-13,16,26H,3-5,14-15H2,1-2H3. The maximum absolute atomic E-state index is 12.7. The Balaban J connectivity index is 1.48. The van der Waals surface area contributed by atoms with Crippen molar-refractivity contribution in [1.82, 2.24) is 10.2 Å². The van der Waals surface area contributed by atoms with Crippen LogP contribution in [0.15, 0.2) is 59.5 Å². The summed E-state index contributed by atoms with van der Waals surface area (Å²) >= 11 is 0. The lowest BCUT2D eigenvalue weighted by Gasteiger charge is -2.27. The molecule has 0 bridgehead atoms. The first-order valence-corrected chi connectivity index (χ1v) is 11.7. The van der Waals surface area contributed by atoms with Gasteiger partial charge >= 0.3 is 0 Å². The molecule has 3 aromatic rings. The lowest BCUT2D eigenvalue weighted by molar-refractivity contribution is 0.571. The molecule has 0 amide bonds. The van der Waals surface area contributed by atoms with Crippen LogP contribution < -0.4 is 9.62 Å². The summed E-state index contributed by atoms with van der Waals surface area (Å²) in [6, 6.07) is 16.5. The van der Waals surface area contributed by atoms with Crippen molar-refractivity contribution < 1.29 is 8.42 Å². The van der Waals surface area contributed by atoms with Gasteiger partial charge in [0.15, 0.2) is 5.82 Å². The first-order chi connectivity index (χ1) is 14.4. The van der Waals surface area contributed by atoms with Crippen LogP contribution in [0.5, 0.6) is 0 Å². The van der Waals surface area contributed by atoms with Gasteiger partial charge in [-0.2, -0.15) is 0 Å². The molecule has 1 aliphatic rings. The van der Waals surface area contributed by atoms with Gasteiger partial charge in [-0.15, -0.1) is 10.2 Å². The first-order valence-electron chi connectivity index (χ1n) is 10.2. The Morgan fingerprint density at radius 2 is 1.60 bits per heavy atom. The zero-order chi connectivity index (χ0) is 21.1. The maximum atomic E-state index is 12.7. The summed E-state index contributed by atoms with van der Waals surface area (Å²) in [6.45, 7) is 5.81. The van der Waals surface area contributed by atoms with Gasteiger partial charge in [-0.3, -0.25) is 4.72 Å². The summed E-state index contributed by atoms with van der Waals surface area (Å²) in [4.78, 5) is 2.56. The van der Waals surface area contributed by atoms with E-state index in [4.69, 9.17) is 0 Å². The SMILES string of the molecule is Cc1ccc(S(=O)(=O)Nc2ccc(-c3ccc(N4CCCCC4)nn3)cc2)c(C)c1. The monoisotopic (exact) mass is 422 g/mol. The van der Waals surface area contributed by atoms with Gasteiger partial charge < -0.3 is 4.90 Å². The molecule has 1 aliphatic heterocycles. The number of hydrogen-bond acceptors (Lipinski definition) is 5. The van der Waals surface area contributed by atoms with E-state index in [1.807, 2.05) is 37.3 Å². The van der Waals surface area contributed by atoms with Crippen LogP contribution in [0.3, 0.4) is 0 Å². The third kappa shape index (κ3) is 4.46. The van der Waals surface area contributed by atoms with Crippen molar-refractivity contribution in [2.75, 3.05) is 22.7 Å². The molecule has 0 saturated carbocycles. The fourth-order valence-electron chi connectivity index (χ4n) is 3.79. The molecule has 4 rings (SSSR count). The quantitative estimate of drug-likeness (QED) is 0.653. The van der Waals surface area contributed by atoms with Crippen molar-refractivity contribution >= 4 is 21.5 Å². The molecule has 0 radical (unpaired) electrons. The molecular weight excluding hydrogens is 396 g/mol. The van der Waals surface area contributed by atoms with Gasteiger partial charge in [0.05, 0.1) is 10.6 Å². The number of sulfonamides is 1. The van der Waals surface area contributed by atoms with Gasteiger partial charge in [0.2, 0.25) is 0 Å². The van der Waals surface area contributed by atoms with Crippen LogP contribution in [0.25, 0.3) is 11.3 Å². The number of aryl methyl sites for hydroxylation is 2. The molecule has 2 heterocycles. The van der Waals surface area contributed by atoms with E-state index >= 15 is 0 Å². The number of hydrogen-bond donors (Lipinski definition) is 1. The number of aromatic nitrogens is 2. The highest BCUT2D eigenvalue weighted by Gasteiger charge is 2.17. The van der Waals surface area contributed by atoms with Crippen molar-refractivity contribution in [1.29, 1.82) is 0 Å². The van der Waals surface area contributed by atoms with Gasteiger partial charge in [-0.05, 0) is 69.0 Å². The van der Waals surface area contributed by atoms with E-state index in [0.29, 0.717) is 5.69 Å². The lowest BCUT2D eigenvalue weighted by Crippen LogP contribution is -2.30. The van der Waals surface area contributed by atoms with Gasteiger partial charge in [0.1, 0.15) is 0 Å². The predicted molar refractivity (Wildman–Crippen MR) is 120 cm³/mol. The van der Waals surface area contributed by atoms with Crippen molar-refractivity contribution in [3.63, 3.8) is 0 Å². The Labute approximate surface area is 178 Å². The Morgan fingerprint density at radius 3 is 2.23 bits per heavy atom. The Bertz CT molecular complexity index is 1120. The van der Waals surface area contributed by atoms with E-state index < -0.39 is 10.0 Å². The van der Waals surface area contributed by atoms with Crippen LogP contribution in [0.4, 0.5) is 11.5 Å². The first kappa shape index (κ1) is 20.3. The Hall–Kier alpha value is -2.93. The smallest absolute Gasteiger partial charge is 0.262 e. The van der Waals surface area contributed by atoms with E-state index in [0.717, 1.165) is 41.3 Å². The van der Waals surface area contributed by atoms with E-state index in [1.54, 1.807) is 31.2 Å². The number of anilines is 2. The highest BCUT2D eigenvalue weighted by Crippen LogP contribution is 2.24. The predicted octanol–water partition coefficient (Wildman–Crippen LogP) is 4.55. The molecule has 1 saturated heterocycles. The molecule has 156 valence electrons. The van der Waals surface area contributed by atoms with E-state index in [1.165, 1.54) is 19.3 Å². The second-order valence-corrected chi connectivity index (χ2v) is 9.43. The highest BCUT2D eigenvalue weighted by molar-refractivity contribution is 7.92. The number of nitrogens with one attached hydrogen (secondary N) is 1. The molecule has 0 aliphatic carbocycles. The zero-order valence-corrected chi connectivity index (χ0v) is 18.1. The molecule has 0 spiro atoms. The van der Waals surface area contributed by atoms with Crippen molar-refractivity contribution in [2.45, 2.75) is 38.0 Å². The summed E-state index contributed by atoms with van der Waals surface area (Å²) in [7, 11) is -3.64. The van der Waals surface area contributed by atoms with Gasteiger partial charge in [0.25, 0.3) is 10.0 Å². The van der Waals surface area contributed by atoms with Crippen molar-refractivity contribution in [3.8, 4) is 11.3 Å². The summed E-state index contributed by atoms with van der Waals surface area (Å²) in [5.41, 5.74) is 3.92. The lowest BCUT2D eigenvalue weighted by atomic mass is 10.1. The topological polar surface area (TPSA) is 75.2 Å². The van der Waals surface area contributed by atoms with Gasteiger partial charge in [-0.25, -0.2) is 8.42 Å². The fraction of sp³-hybridized carbons (Fsp3) is 0.304. The molecular formula is C23H26N4O2S. The highest BCUT2D eigenvalue weighted by atomic mass is 32.2. The average Bonchev–Trinajstić information content (AvgIpc) is 2.74. The molecule has 1 aromatic heterocycles. The number of piperidine rings is 1. The second-order valence-electron chi connectivity index (χ2n) is 7.78. The van der Waals surface area contributed by atoms with Crippen LogP contribution in [0.1, 0.15) is 30.4 Å². The maximum Gasteiger partial charge on any atom is 0.262 e. The van der Waals surface area contributed by atoms with Crippen LogP contribution in [-0.4, -0.2) is 31.7 Å². The van der Waals surface area contributed by atoms with Crippen molar-refractivity contribution in [3.05, 3.63) is 65.7 Å². The Kier molecular flexibility index (Phi) is 5.72. The van der Waals surface area contributed by atoms with E-state index in [9.17, 15) is 8.42 Å². The number of benzene rings is 2. The minimum Gasteiger partial charge on any atom is -0.355 e. The number of rotatable bonds is 5. The summed E-state index contributed by atoms with van der Waals surface area (Å²) < 4.78 is 28.1. The zero-order valence-electron chi connectivity index (χ0n) is 17.3. The van der Waals surface area contributed by atoms with E-state index in [-0.39, 0.29) is 4.90 Å². The molecule has 6 nitrogen and oxygen atoms in total. The average molecular weight is 423 g/mol. The van der Waals surface area contributed by atoms with Gasteiger partial charge in [-0.1, -0.05) is 29.8 Å². The minimum atomic E-state index is -3.64. The number of nitrogens with zero attached hydrogens (tertiary/aromatic N) is 3. The fourth-order valence-corrected chi connectivity index (χ4v) is 5.08. The van der Waals surface area contributed by atoms with E-state index in [2.05, 4.69) is 19.8 Å². The summed E-state index contributed by atoms with van der Waals surface area (Å²) in [6.07, 6.45) is 3.67. The molecule has 0 unspecified atom stereocenters. The molecule has 1 N–H and O–H groups in total. The normalized spacial score (nSPS) is 14.5. The van der Waals surface area contributed by atoms with Crippen LogP contribution in [0.2, 0.25) is 0 Å². The molecule has 1 fully saturated rings. The Morgan fingerprint density at radius 1 is 0.867 bits per heavy atom. The summed E-state index contributed by atoms with van der Waals surface area (Å²) in [5.74, 6) is 0.913. The summed E-state index contributed by atoms with van der Waals surface area (Å²) in [5, 5.41) is 8.75. The minimum absolute atomic E-state index is 0.288. The molecule has 7 heteroatoms. The molecule has 30 heavy (non-hydrogen) atoms. The van der Waals surface area contributed by atoms with Crippen LogP contribution in [-0.2, 0) is 10.0 Å².